The number of urea groups is 1. The lowest BCUT2D eigenvalue weighted by atomic mass is 9.95. The Morgan fingerprint density at radius 1 is 1.10 bits per heavy atom. The molecular formula is C15H25N3O3. The minimum absolute atomic E-state index is 0.0745. The molecule has 1 aliphatic heterocycles. The standard InChI is InChI=1S/C15H25N3O3/c19-14(20)3-4-17-5-7-18(8-6-17)15(21)16-13-10-11-1-2-12(13)9-11/h11-13H,1-10H2,(H,16,21)(H,19,20). The summed E-state index contributed by atoms with van der Waals surface area (Å²) >= 11 is 0. The van der Waals surface area contributed by atoms with Crippen LogP contribution in [0.3, 0.4) is 0 Å². The molecule has 21 heavy (non-hydrogen) atoms. The normalized spacial score (nSPS) is 32.4. The number of hydrogen-bond acceptors (Lipinski definition) is 3. The number of aliphatic carboxylic acids is 1. The monoisotopic (exact) mass is 295 g/mol. The number of nitrogens with one attached hydrogen (secondary N) is 1. The Morgan fingerprint density at radius 3 is 2.43 bits per heavy atom. The number of carbonyl (C=O) groups excluding carboxylic acids is 1. The first kappa shape index (κ1) is 14.6. The van der Waals surface area contributed by atoms with Gasteiger partial charge in [-0.2, -0.15) is 0 Å². The molecule has 1 heterocycles. The summed E-state index contributed by atoms with van der Waals surface area (Å²) in [4.78, 5) is 26.9. The van der Waals surface area contributed by atoms with Crippen molar-refractivity contribution in [2.75, 3.05) is 32.7 Å². The lowest BCUT2D eigenvalue weighted by Crippen LogP contribution is -2.54. The number of rotatable bonds is 4. The average Bonchev–Trinajstić information content (AvgIpc) is 3.08. The van der Waals surface area contributed by atoms with Crippen LogP contribution in [0.2, 0.25) is 0 Å². The number of fused-ring (bicyclic) bond motifs is 2. The van der Waals surface area contributed by atoms with E-state index in [0.717, 1.165) is 25.4 Å². The van der Waals surface area contributed by atoms with E-state index in [-0.39, 0.29) is 12.5 Å². The third kappa shape index (κ3) is 3.48. The summed E-state index contributed by atoms with van der Waals surface area (Å²) in [6.45, 7) is 3.53. The zero-order chi connectivity index (χ0) is 14.8. The van der Waals surface area contributed by atoms with Gasteiger partial charge in [0.2, 0.25) is 0 Å². The van der Waals surface area contributed by atoms with Crippen molar-refractivity contribution in [3.05, 3.63) is 0 Å². The third-order valence-corrected chi connectivity index (χ3v) is 5.35. The lowest BCUT2D eigenvalue weighted by Gasteiger charge is -2.35. The highest BCUT2D eigenvalue weighted by Gasteiger charge is 2.40. The lowest BCUT2D eigenvalue weighted by molar-refractivity contribution is -0.137. The summed E-state index contributed by atoms with van der Waals surface area (Å²) in [5, 5.41) is 11.9. The summed E-state index contributed by atoms with van der Waals surface area (Å²) in [6, 6.07) is 0.465. The first-order valence-corrected chi connectivity index (χ1v) is 8.11. The summed E-state index contributed by atoms with van der Waals surface area (Å²) in [6.07, 6.45) is 5.26. The predicted molar refractivity (Wildman–Crippen MR) is 78.0 cm³/mol. The fourth-order valence-corrected chi connectivity index (χ4v) is 4.10. The number of hydrogen-bond donors (Lipinski definition) is 2. The molecule has 2 aliphatic carbocycles. The van der Waals surface area contributed by atoms with E-state index in [2.05, 4.69) is 10.2 Å². The van der Waals surface area contributed by atoms with E-state index < -0.39 is 5.97 Å². The van der Waals surface area contributed by atoms with Gasteiger partial charge in [-0.25, -0.2) is 4.79 Å². The minimum Gasteiger partial charge on any atom is -0.481 e. The second kappa shape index (κ2) is 6.22. The molecule has 2 N–H and O–H groups in total. The zero-order valence-corrected chi connectivity index (χ0v) is 12.5. The van der Waals surface area contributed by atoms with E-state index in [1.165, 1.54) is 19.3 Å². The number of carbonyl (C=O) groups is 2. The van der Waals surface area contributed by atoms with Crippen molar-refractivity contribution in [2.24, 2.45) is 11.8 Å². The van der Waals surface area contributed by atoms with Crippen molar-refractivity contribution in [3.8, 4) is 0 Å². The highest BCUT2D eigenvalue weighted by Crippen LogP contribution is 2.44. The van der Waals surface area contributed by atoms with E-state index in [1.807, 2.05) is 4.90 Å². The van der Waals surface area contributed by atoms with Crippen LogP contribution >= 0.6 is 0 Å². The van der Waals surface area contributed by atoms with Gasteiger partial charge in [-0.15, -0.1) is 0 Å². The van der Waals surface area contributed by atoms with Gasteiger partial charge in [0.25, 0.3) is 0 Å². The van der Waals surface area contributed by atoms with Crippen LogP contribution in [0.5, 0.6) is 0 Å². The van der Waals surface area contributed by atoms with Gasteiger partial charge in [-0.05, 0) is 31.1 Å². The molecule has 2 amide bonds. The average molecular weight is 295 g/mol. The smallest absolute Gasteiger partial charge is 0.317 e. The quantitative estimate of drug-likeness (QED) is 0.811. The molecule has 3 rings (SSSR count). The van der Waals surface area contributed by atoms with Crippen molar-refractivity contribution >= 4 is 12.0 Å². The molecule has 0 aromatic rings. The molecule has 3 aliphatic rings. The Kier molecular flexibility index (Phi) is 4.33. The van der Waals surface area contributed by atoms with E-state index in [1.54, 1.807) is 0 Å². The molecule has 3 unspecified atom stereocenters. The molecule has 2 saturated carbocycles. The van der Waals surface area contributed by atoms with Crippen molar-refractivity contribution in [3.63, 3.8) is 0 Å². The van der Waals surface area contributed by atoms with Gasteiger partial charge in [-0.3, -0.25) is 9.69 Å². The highest BCUT2D eigenvalue weighted by atomic mass is 16.4. The summed E-state index contributed by atoms with van der Waals surface area (Å²) in [7, 11) is 0. The minimum atomic E-state index is -0.758. The number of nitrogens with zero attached hydrogens (tertiary/aromatic N) is 2. The van der Waals surface area contributed by atoms with Crippen molar-refractivity contribution in [1.82, 2.24) is 15.1 Å². The topological polar surface area (TPSA) is 72.9 Å². The van der Waals surface area contributed by atoms with Crippen LogP contribution in [-0.2, 0) is 4.79 Å². The fraction of sp³-hybridized carbons (Fsp3) is 0.867. The SMILES string of the molecule is O=C(O)CCN1CCN(C(=O)NC2CC3CCC2C3)CC1. The molecule has 0 aromatic heterocycles. The Labute approximate surface area is 125 Å². The second-order valence-corrected chi connectivity index (χ2v) is 6.70. The molecule has 6 nitrogen and oxygen atoms in total. The van der Waals surface area contributed by atoms with E-state index >= 15 is 0 Å². The molecule has 0 radical (unpaired) electrons. The van der Waals surface area contributed by atoms with Crippen LogP contribution in [0, 0.1) is 11.8 Å². The first-order chi connectivity index (χ1) is 10.1. The van der Waals surface area contributed by atoms with Gasteiger partial charge in [0, 0.05) is 38.8 Å². The van der Waals surface area contributed by atoms with Gasteiger partial charge in [0.05, 0.1) is 6.42 Å². The van der Waals surface area contributed by atoms with Crippen molar-refractivity contribution in [1.29, 1.82) is 0 Å². The molecule has 0 aromatic carbocycles. The maximum Gasteiger partial charge on any atom is 0.317 e. The van der Waals surface area contributed by atoms with Gasteiger partial charge >= 0.3 is 12.0 Å². The number of piperazine rings is 1. The summed E-state index contributed by atoms with van der Waals surface area (Å²) in [5.74, 6) is 0.787. The molecule has 3 atom stereocenters. The maximum absolute atomic E-state index is 12.3. The van der Waals surface area contributed by atoms with Gasteiger partial charge in [-0.1, -0.05) is 6.42 Å². The van der Waals surface area contributed by atoms with E-state index in [0.29, 0.717) is 31.6 Å². The first-order valence-electron chi connectivity index (χ1n) is 8.11. The number of amides is 2. The summed E-state index contributed by atoms with van der Waals surface area (Å²) < 4.78 is 0. The van der Waals surface area contributed by atoms with Crippen LogP contribution in [0.15, 0.2) is 0 Å². The fourth-order valence-electron chi connectivity index (χ4n) is 4.10. The van der Waals surface area contributed by atoms with E-state index in [4.69, 9.17) is 5.11 Å². The molecule has 0 spiro atoms. The number of carboxylic acids is 1. The molecule has 118 valence electrons. The Morgan fingerprint density at radius 2 is 1.86 bits per heavy atom. The Hall–Kier alpha value is -1.30. The molecule has 3 fully saturated rings. The van der Waals surface area contributed by atoms with Crippen molar-refractivity contribution < 1.29 is 14.7 Å². The second-order valence-electron chi connectivity index (χ2n) is 6.70. The van der Waals surface area contributed by atoms with Crippen LogP contribution in [0.1, 0.15) is 32.1 Å². The maximum atomic E-state index is 12.3. The van der Waals surface area contributed by atoms with Gasteiger partial charge in [0.15, 0.2) is 0 Å². The largest absolute Gasteiger partial charge is 0.481 e. The molecular weight excluding hydrogens is 270 g/mol. The van der Waals surface area contributed by atoms with Crippen LogP contribution in [-0.4, -0.2) is 65.7 Å². The Bertz CT molecular complexity index is 407. The number of carboxylic acid groups (broad SMARTS) is 1. The predicted octanol–water partition coefficient (Wildman–Crippen LogP) is 0.977. The van der Waals surface area contributed by atoms with Gasteiger partial charge < -0.3 is 15.3 Å². The van der Waals surface area contributed by atoms with Crippen molar-refractivity contribution in [2.45, 2.75) is 38.1 Å². The Balaban J connectivity index is 1.40. The molecule has 6 heteroatoms. The molecule has 1 saturated heterocycles. The van der Waals surface area contributed by atoms with Gasteiger partial charge in [0.1, 0.15) is 0 Å². The van der Waals surface area contributed by atoms with Crippen LogP contribution < -0.4 is 5.32 Å². The zero-order valence-electron chi connectivity index (χ0n) is 12.5. The van der Waals surface area contributed by atoms with Crippen LogP contribution in [0.25, 0.3) is 0 Å². The highest BCUT2D eigenvalue weighted by molar-refractivity contribution is 5.74. The third-order valence-electron chi connectivity index (χ3n) is 5.35. The van der Waals surface area contributed by atoms with Crippen LogP contribution in [0.4, 0.5) is 4.79 Å². The molecule has 2 bridgehead atoms. The van der Waals surface area contributed by atoms with E-state index in [9.17, 15) is 9.59 Å². The summed E-state index contributed by atoms with van der Waals surface area (Å²) in [5.41, 5.74) is 0.